The number of nitrogens with one attached hydrogen (secondary N) is 3. The zero-order chi connectivity index (χ0) is 32.8. The molecule has 10 nitrogen and oxygen atoms in total. The van der Waals surface area contributed by atoms with Gasteiger partial charge in [-0.15, -0.1) is 0 Å². The maximum absolute atomic E-state index is 13.0. The van der Waals surface area contributed by atoms with Gasteiger partial charge in [0.15, 0.2) is 0 Å². The van der Waals surface area contributed by atoms with Crippen LogP contribution in [-0.4, -0.2) is 45.4 Å². The van der Waals surface area contributed by atoms with Crippen molar-refractivity contribution in [1.82, 2.24) is 30.4 Å². The number of aryl methyl sites for hydroxylation is 3. The van der Waals surface area contributed by atoms with Crippen LogP contribution in [0, 0.1) is 13.8 Å². The highest BCUT2D eigenvalue weighted by Gasteiger charge is 2.30. The number of benzene rings is 2. The minimum Gasteiger partial charge on any atom is -0.481 e. The Morgan fingerprint density at radius 2 is 1.81 bits per heavy atom. The largest absolute Gasteiger partial charge is 0.481 e. The first-order chi connectivity index (χ1) is 22.7. The van der Waals surface area contributed by atoms with Gasteiger partial charge in [-0.3, -0.25) is 9.59 Å². The summed E-state index contributed by atoms with van der Waals surface area (Å²) in [5.41, 5.74) is 7.98. The number of pyridine rings is 2. The monoisotopic (exact) mass is 649 g/mol. The lowest BCUT2D eigenvalue weighted by Gasteiger charge is -2.20. The lowest BCUT2D eigenvalue weighted by Crippen LogP contribution is -2.36. The van der Waals surface area contributed by atoms with Crippen molar-refractivity contribution in [2.75, 3.05) is 19.0 Å². The van der Waals surface area contributed by atoms with E-state index in [2.05, 4.69) is 32.1 Å². The number of ether oxygens (including phenoxy) is 1. The lowest BCUT2D eigenvalue weighted by molar-refractivity contribution is -0.119. The quantitative estimate of drug-likeness (QED) is 0.189. The van der Waals surface area contributed by atoms with Crippen LogP contribution >= 0.6 is 11.6 Å². The standard InChI is InChI=1S/C36H36ClN7O3/c1-19-15-22-17-39-44(3)36(46)32(22)34(40-19)42-27-10-6-7-24(20(27)2)25-8-5-9-26(33(25)37)29-16-21-11-13-28(31(21)35(43-29)47-4)38-18-23-12-14-30(45)41-23/h5-10,15-17,23,28,38H,11-14,18H2,1-4H3,(H,40,42)(H,41,45)/t23-,28?/m1/s1. The van der Waals surface area contributed by atoms with Gasteiger partial charge in [0.1, 0.15) is 5.82 Å². The summed E-state index contributed by atoms with van der Waals surface area (Å²) in [6.45, 7) is 4.64. The zero-order valence-corrected chi connectivity index (χ0v) is 27.5. The second kappa shape index (κ2) is 12.4. The molecule has 1 unspecified atom stereocenters. The SMILES string of the molecule is COc1nc(-c2cccc(-c3cccc(Nc4nc(C)cc5cnn(C)c(=O)c45)c3C)c2Cl)cc2c1C(NC[C@H]1CCC(=O)N1)CC2. The van der Waals surface area contributed by atoms with Crippen molar-refractivity contribution >= 4 is 39.8 Å². The Bertz CT molecular complexity index is 2110. The molecule has 11 heteroatoms. The fourth-order valence-corrected chi connectivity index (χ4v) is 7.15. The van der Waals surface area contributed by atoms with Gasteiger partial charge in [-0.1, -0.05) is 41.9 Å². The molecule has 3 aromatic heterocycles. The predicted molar refractivity (Wildman–Crippen MR) is 184 cm³/mol. The molecular formula is C36H36ClN7O3. The summed E-state index contributed by atoms with van der Waals surface area (Å²) >= 11 is 7.20. The summed E-state index contributed by atoms with van der Waals surface area (Å²) in [7, 11) is 3.28. The maximum Gasteiger partial charge on any atom is 0.278 e. The van der Waals surface area contributed by atoms with Gasteiger partial charge in [-0.25, -0.2) is 14.6 Å². The van der Waals surface area contributed by atoms with Crippen molar-refractivity contribution in [3.63, 3.8) is 0 Å². The Hall–Kier alpha value is -4.80. The number of nitrogens with zero attached hydrogens (tertiary/aromatic N) is 4. The van der Waals surface area contributed by atoms with Crippen LogP contribution < -0.4 is 26.2 Å². The molecule has 1 aliphatic heterocycles. The van der Waals surface area contributed by atoms with Gasteiger partial charge < -0.3 is 20.7 Å². The Morgan fingerprint density at radius 3 is 2.60 bits per heavy atom. The van der Waals surface area contributed by atoms with Crippen molar-refractivity contribution in [3.05, 3.63) is 92.5 Å². The number of methoxy groups -OCH3 is 1. The maximum atomic E-state index is 13.0. The van der Waals surface area contributed by atoms with E-state index < -0.39 is 0 Å². The van der Waals surface area contributed by atoms with Crippen molar-refractivity contribution in [2.45, 2.75) is 51.6 Å². The topological polar surface area (TPSA) is 123 Å². The molecule has 1 fully saturated rings. The van der Waals surface area contributed by atoms with Crippen LogP contribution in [0.25, 0.3) is 33.2 Å². The third kappa shape index (κ3) is 5.72. The summed E-state index contributed by atoms with van der Waals surface area (Å²) in [6, 6.07) is 16.2. The fourth-order valence-electron chi connectivity index (χ4n) is 6.83. The number of hydrogen-bond donors (Lipinski definition) is 3. The van der Waals surface area contributed by atoms with Gasteiger partial charge in [0.25, 0.3) is 5.56 Å². The first-order valence-corrected chi connectivity index (χ1v) is 16.2. The van der Waals surface area contributed by atoms with E-state index in [1.54, 1.807) is 20.4 Å². The number of rotatable bonds is 8. The molecule has 1 amide bonds. The van der Waals surface area contributed by atoms with Crippen LogP contribution in [0.3, 0.4) is 0 Å². The molecule has 0 radical (unpaired) electrons. The average Bonchev–Trinajstić information content (AvgIpc) is 3.68. The Kier molecular flexibility index (Phi) is 8.15. The molecule has 1 saturated heterocycles. The molecule has 47 heavy (non-hydrogen) atoms. The van der Waals surface area contributed by atoms with E-state index in [1.807, 2.05) is 56.3 Å². The third-order valence-corrected chi connectivity index (χ3v) is 9.66. The summed E-state index contributed by atoms with van der Waals surface area (Å²) in [5.74, 6) is 1.19. The highest BCUT2D eigenvalue weighted by Crippen LogP contribution is 2.43. The average molecular weight is 650 g/mol. The highest BCUT2D eigenvalue weighted by molar-refractivity contribution is 6.36. The predicted octanol–water partition coefficient (Wildman–Crippen LogP) is 5.94. The van der Waals surface area contributed by atoms with E-state index in [4.69, 9.17) is 21.3 Å². The smallest absolute Gasteiger partial charge is 0.278 e. The number of hydrogen-bond acceptors (Lipinski definition) is 8. The molecule has 0 spiro atoms. The van der Waals surface area contributed by atoms with Crippen LogP contribution in [0.5, 0.6) is 5.88 Å². The molecule has 2 aromatic carbocycles. The molecule has 4 heterocycles. The molecular weight excluding hydrogens is 614 g/mol. The number of carbonyl (C=O) groups excluding carboxylic acids is 1. The van der Waals surface area contributed by atoms with Crippen molar-refractivity contribution in [1.29, 1.82) is 0 Å². The van der Waals surface area contributed by atoms with Crippen LogP contribution in [0.4, 0.5) is 11.5 Å². The van der Waals surface area contributed by atoms with E-state index >= 15 is 0 Å². The first-order valence-electron chi connectivity index (χ1n) is 15.8. The summed E-state index contributed by atoms with van der Waals surface area (Å²) < 4.78 is 7.15. The molecule has 0 bridgehead atoms. The van der Waals surface area contributed by atoms with E-state index in [-0.39, 0.29) is 23.6 Å². The van der Waals surface area contributed by atoms with E-state index in [0.717, 1.165) is 69.5 Å². The zero-order valence-electron chi connectivity index (χ0n) is 26.8. The van der Waals surface area contributed by atoms with E-state index in [1.165, 1.54) is 10.2 Å². The Morgan fingerprint density at radius 1 is 1.02 bits per heavy atom. The van der Waals surface area contributed by atoms with Crippen LogP contribution in [-0.2, 0) is 18.3 Å². The molecule has 1 aliphatic carbocycles. The normalized spacial score (nSPS) is 17.2. The second-order valence-corrected chi connectivity index (χ2v) is 12.7. The number of aromatic nitrogens is 4. The van der Waals surface area contributed by atoms with Gasteiger partial charge in [-0.05, 0) is 68.0 Å². The first kappa shape index (κ1) is 30.8. The third-order valence-electron chi connectivity index (χ3n) is 9.26. The molecule has 0 saturated carbocycles. The number of amides is 1. The summed E-state index contributed by atoms with van der Waals surface area (Å²) in [4.78, 5) is 34.3. The molecule has 5 aromatic rings. The number of halogens is 1. The van der Waals surface area contributed by atoms with Gasteiger partial charge in [0, 0.05) is 65.6 Å². The summed E-state index contributed by atoms with van der Waals surface area (Å²) in [5, 5.41) is 16.1. The van der Waals surface area contributed by atoms with Crippen LogP contribution in [0.15, 0.2) is 59.5 Å². The van der Waals surface area contributed by atoms with Crippen LogP contribution in [0.2, 0.25) is 5.02 Å². The fraction of sp³-hybridized carbons (Fsp3) is 0.306. The minimum atomic E-state index is -0.219. The Balaban J connectivity index is 1.21. The van der Waals surface area contributed by atoms with Gasteiger partial charge >= 0.3 is 0 Å². The molecule has 2 atom stereocenters. The number of anilines is 2. The van der Waals surface area contributed by atoms with Gasteiger partial charge in [-0.2, -0.15) is 5.10 Å². The van der Waals surface area contributed by atoms with Crippen molar-refractivity contribution in [2.24, 2.45) is 7.05 Å². The van der Waals surface area contributed by atoms with Gasteiger partial charge in [0.05, 0.1) is 29.4 Å². The number of fused-ring (bicyclic) bond motifs is 2. The number of carbonyl (C=O) groups is 1. The molecule has 7 rings (SSSR count). The lowest BCUT2D eigenvalue weighted by atomic mass is 9.96. The molecule has 240 valence electrons. The minimum absolute atomic E-state index is 0.107. The van der Waals surface area contributed by atoms with Crippen LogP contribution in [0.1, 0.15) is 47.7 Å². The molecule has 3 N–H and O–H groups in total. The second-order valence-electron chi connectivity index (χ2n) is 12.3. The van der Waals surface area contributed by atoms with Crippen molar-refractivity contribution < 1.29 is 9.53 Å². The van der Waals surface area contributed by atoms with E-state index in [9.17, 15) is 9.59 Å². The summed E-state index contributed by atoms with van der Waals surface area (Å²) in [6.07, 6.45) is 4.94. The molecule has 2 aliphatic rings. The van der Waals surface area contributed by atoms with Gasteiger partial charge in [0.2, 0.25) is 11.8 Å². The Labute approximate surface area is 277 Å². The highest BCUT2D eigenvalue weighted by atomic mass is 35.5. The van der Waals surface area contributed by atoms with Crippen molar-refractivity contribution in [3.8, 4) is 28.3 Å². The van der Waals surface area contributed by atoms with E-state index in [0.29, 0.717) is 35.1 Å².